The van der Waals surface area contributed by atoms with Gasteiger partial charge in [0.2, 0.25) is 0 Å². The molecule has 0 unspecified atom stereocenters. The molecule has 0 saturated carbocycles. The van der Waals surface area contributed by atoms with Crippen molar-refractivity contribution < 1.29 is 9.90 Å². The van der Waals surface area contributed by atoms with Crippen molar-refractivity contribution in [3.63, 3.8) is 0 Å². The summed E-state index contributed by atoms with van der Waals surface area (Å²) in [6, 6.07) is 29.0. The maximum atomic E-state index is 12.8. The number of phenolic OH excluding ortho intramolecular Hbond substituents is 1. The van der Waals surface area contributed by atoms with Gasteiger partial charge in [0.15, 0.2) is 0 Å². The van der Waals surface area contributed by atoms with Gasteiger partial charge in [0.1, 0.15) is 5.75 Å². The predicted molar refractivity (Wildman–Crippen MR) is 163 cm³/mol. The Morgan fingerprint density at radius 1 is 0.902 bits per heavy atom. The number of pyridine rings is 1. The maximum Gasteiger partial charge on any atom is 0.251 e. The molecule has 3 N–H and O–H groups in total. The molecule has 0 aliphatic heterocycles. The quantitative estimate of drug-likeness (QED) is 0.196. The molecule has 0 radical (unpaired) electrons. The van der Waals surface area contributed by atoms with Gasteiger partial charge in [0.25, 0.3) is 5.91 Å². The predicted octanol–water partition coefficient (Wildman–Crippen LogP) is 6.52. The molecule has 2 aromatic heterocycles. The first-order valence-electron chi connectivity index (χ1n) is 13.8. The fourth-order valence-electron chi connectivity index (χ4n) is 4.58. The zero-order valence-corrected chi connectivity index (χ0v) is 23.6. The highest BCUT2D eigenvalue weighted by Crippen LogP contribution is 2.26. The molecule has 3 aromatic carbocycles. The number of nitrogens with zero attached hydrogens (tertiary/aromatic N) is 3. The summed E-state index contributed by atoms with van der Waals surface area (Å²) >= 11 is 0. The van der Waals surface area contributed by atoms with Gasteiger partial charge in [-0.3, -0.25) is 9.78 Å². The normalized spacial score (nSPS) is 11.3. The van der Waals surface area contributed by atoms with Crippen LogP contribution in [0.4, 0.5) is 5.69 Å². The summed E-state index contributed by atoms with van der Waals surface area (Å²) in [7, 11) is 0. The van der Waals surface area contributed by atoms with Crippen molar-refractivity contribution in [3.05, 3.63) is 126 Å². The Morgan fingerprint density at radius 2 is 1.63 bits per heavy atom. The van der Waals surface area contributed by atoms with Crippen molar-refractivity contribution in [2.24, 2.45) is 0 Å². The molecule has 7 heteroatoms. The van der Waals surface area contributed by atoms with E-state index in [0.717, 1.165) is 33.9 Å². The van der Waals surface area contributed by atoms with E-state index >= 15 is 0 Å². The van der Waals surface area contributed by atoms with Gasteiger partial charge in [-0.2, -0.15) is 5.10 Å². The highest BCUT2D eigenvalue weighted by atomic mass is 16.3. The van der Waals surface area contributed by atoms with Crippen LogP contribution in [-0.4, -0.2) is 32.3 Å². The van der Waals surface area contributed by atoms with Gasteiger partial charge in [-0.15, -0.1) is 0 Å². The molecule has 7 nitrogen and oxygen atoms in total. The van der Waals surface area contributed by atoms with Crippen molar-refractivity contribution in [2.45, 2.75) is 39.2 Å². The molecule has 0 bridgehead atoms. The number of phenols is 1. The number of aromatic hydroxyl groups is 1. The Hall–Kier alpha value is -4.91. The van der Waals surface area contributed by atoms with E-state index in [1.54, 1.807) is 24.5 Å². The van der Waals surface area contributed by atoms with E-state index < -0.39 is 0 Å². The average Bonchev–Trinajstić information content (AvgIpc) is 3.42. The van der Waals surface area contributed by atoms with Crippen LogP contribution in [-0.2, 0) is 18.4 Å². The number of benzene rings is 3. The summed E-state index contributed by atoms with van der Waals surface area (Å²) in [5.41, 5.74) is 7.65. The molecule has 2 heterocycles. The zero-order valence-electron chi connectivity index (χ0n) is 23.6. The summed E-state index contributed by atoms with van der Waals surface area (Å²) in [5, 5.41) is 20.8. The lowest BCUT2D eigenvalue weighted by molar-refractivity contribution is 0.0954. The number of carbonyl (C=O) groups is 1. The molecular formula is C34H35N5O2. The molecule has 5 rings (SSSR count). The lowest BCUT2D eigenvalue weighted by Crippen LogP contribution is -2.25. The van der Waals surface area contributed by atoms with Crippen molar-refractivity contribution in [1.29, 1.82) is 0 Å². The van der Waals surface area contributed by atoms with Crippen LogP contribution in [0, 0.1) is 0 Å². The van der Waals surface area contributed by atoms with Crippen LogP contribution in [0.5, 0.6) is 5.75 Å². The smallest absolute Gasteiger partial charge is 0.251 e. The molecule has 0 spiro atoms. The third kappa shape index (κ3) is 7.00. The Bertz CT molecular complexity index is 1600. The van der Waals surface area contributed by atoms with Crippen LogP contribution < -0.4 is 10.6 Å². The molecule has 0 atom stereocenters. The molecule has 0 aliphatic rings. The zero-order chi connectivity index (χ0) is 28.8. The van der Waals surface area contributed by atoms with Crippen LogP contribution in [0.3, 0.4) is 0 Å². The van der Waals surface area contributed by atoms with E-state index in [1.807, 2.05) is 53.2 Å². The van der Waals surface area contributed by atoms with Gasteiger partial charge in [-0.1, -0.05) is 51.1 Å². The third-order valence-corrected chi connectivity index (χ3v) is 6.97. The second-order valence-electron chi connectivity index (χ2n) is 11.1. The van der Waals surface area contributed by atoms with Crippen molar-refractivity contribution in [3.8, 4) is 22.7 Å². The van der Waals surface area contributed by atoms with Gasteiger partial charge in [-0.25, -0.2) is 4.68 Å². The van der Waals surface area contributed by atoms with Crippen molar-refractivity contribution in [2.75, 3.05) is 11.9 Å². The minimum absolute atomic E-state index is 0.0675. The Morgan fingerprint density at radius 3 is 2.34 bits per heavy atom. The van der Waals surface area contributed by atoms with E-state index in [0.29, 0.717) is 25.1 Å². The molecular weight excluding hydrogens is 510 g/mol. The van der Waals surface area contributed by atoms with Crippen molar-refractivity contribution in [1.82, 2.24) is 20.1 Å². The minimum atomic E-state index is -0.128. The number of hydrogen-bond donors (Lipinski definition) is 3. The molecule has 0 fully saturated rings. The van der Waals surface area contributed by atoms with Crippen LogP contribution in [0.1, 0.15) is 48.0 Å². The van der Waals surface area contributed by atoms with E-state index in [9.17, 15) is 9.90 Å². The molecule has 208 valence electrons. The topological polar surface area (TPSA) is 92.1 Å². The van der Waals surface area contributed by atoms with Crippen LogP contribution in [0.2, 0.25) is 0 Å². The first-order valence-corrected chi connectivity index (χ1v) is 13.8. The first kappa shape index (κ1) is 27.6. The number of rotatable bonds is 9. The van der Waals surface area contributed by atoms with E-state index in [-0.39, 0.29) is 17.1 Å². The monoisotopic (exact) mass is 545 g/mol. The number of hydrogen-bond acceptors (Lipinski definition) is 5. The number of nitrogens with one attached hydrogen (secondary N) is 2. The third-order valence-electron chi connectivity index (χ3n) is 6.97. The Kier molecular flexibility index (Phi) is 8.15. The van der Waals surface area contributed by atoms with Gasteiger partial charge in [0.05, 0.1) is 23.6 Å². The van der Waals surface area contributed by atoms with Crippen LogP contribution in [0.15, 0.2) is 103 Å². The fraction of sp³-hybridized carbons (Fsp3) is 0.206. The van der Waals surface area contributed by atoms with E-state index in [2.05, 4.69) is 66.7 Å². The summed E-state index contributed by atoms with van der Waals surface area (Å²) in [4.78, 5) is 17.0. The summed E-state index contributed by atoms with van der Waals surface area (Å²) in [6.45, 7) is 7.64. The van der Waals surface area contributed by atoms with E-state index in [1.165, 1.54) is 5.56 Å². The van der Waals surface area contributed by atoms with Gasteiger partial charge in [0, 0.05) is 35.8 Å². The average molecular weight is 546 g/mol. The molecule has 1 amide bonds. The Labute approximate surface area is 240 Å². The second-order valence-corrected chi connectivity index (χ2v) is 11.1. The number of carbonyl (C=O) groups excluding carboxylic acids is 1. The summed E-state index contributed by atoms with van der Waals surface area (Å²) in [5.74, 6) is 0.105. The van der Waals surface area contributed by atoms with Gasteiger partial charge < -0.3 is 15.7 Å². The van der Waals surface area contributed by atoms with Gasteiger partial charge in [-0.05, 0) is 83.6 Å². The largest absolute Gasteiger partial charge is 0.508 e. The lowest BCUT2D eigenvalue weighted by Gasteiger charge is -2.19. The van der Waals surface area contributed by atoms with Gasteiger partial charge >= 0.3 is 0 Å². The molecule has 5 aromatic rings. The van der Waals surface area contributed by atoms with Crippen LogP contribution in [0.25, 0.3) is 16.9 Å². The second kappa shape index (κ2) is 12.1. The highest BCUT2D eigenvalue weighted by Gasteiger charge is 2.16. The maximum absolute atomic E-state index is 12.8. The lowest BCUT2D eigenvalue weighted by atomic mass is 9.87. The standard InChI is InChI=1S/C34H35N5O2/c1-34(2,3)27-9-11-29(12-10-27)39-30(22-32(38-39)25-16-18-35-19-17-25)23-37-28-6-4-5-26(21-28)33(41)36-20-15-24-7-13-31(40)14-8-24/h4-14,16-19,21-22,37,40H,15,20,23H2,1-3H3,(H,36,41). The Balaban J connectivity index is 1.30. The summed E-state index contributed by atoms with van der Waals surface area (Å²) < 4.78 is 1.97. The first-order chi connectivity index (χ1) is 19.8. The number of anilines is 1. The van der Waals surface area contributed by atoms with Crippen molar-refractivity contribution >= 4 is 11.6 Å². The molecule has 41 heavy (non-hydrogen) atoms. The number of aromatic nitrogens is 3. The van der Waals surface area contributed by atoms with Crippen LogP contribution >= 0.6 is 0 Å². The number of amides is 1. The SMILES string of the molecule is CC(C)(C)c1ccc(-n2nc(-c3ccncc3)cc2CNc2cccc(C(=O)NCCc3ccc(O)cc3)c2)cc1. The fourth-order valence-corrected chi connectivity index (χ4v) is 4.58. The summed E-state index contributed by atoms with van der Waals surface area (Å²) in [6.07, 6.45) is 4.22. The highest BCUT2D eigenvalue weighted by molar-refractivity contribution is 5.95. The molecule has 0 saturated heterocycles. The minimum Gasteiger partial charge on any atom is -0.508 e. The van der Waals surface area contributed by atoms with E-state index in [4.69, 9.17) is 5.10 Å². The molecule has 0 aliphatic carbocycles.